The van der Waals surface area contributed by atoms with E-state index in [2.05, 4.69) is 6.92 Å². The van der Waals surface area contributed by atoms with Gasteiger partial charge < -0.3 is 29.5 Å². The highest BCUT2D eigenvalue weighted by Gasteiger charge is 2.09. The molecule has 0 aliphatic rings. The molecule has 3 N–H and O–H groups in total. The van der Waals surface area contributed by atoms with Crippen LogP contribution in [0.2, 0.25) is 0 Å². The van der Waals surface area contributed by atoms with Crippen molar-refractivity contribution in [3.63, 3.8) is 0 Å². The molecule has 6 heteroatoms. The van der Waals surface area contributed by atoms with Crippen LogP contribution in [-0.4, -0.2) is 61.6 Å². The van der Waals surface area contributed by atoms with E-state index in [4.69, 9.17) is 24.4 Å². The Morgan fingerprint density at radius 3 is 1.20 bits per heavy atom. The predicted octanol–water partition coefficient (Wildman–Crippen LogP) is 8.62. The van der Waals surface area contributed by atoms with Gasteiger partial charge in [0.05, 0.1) is 39.6 Å². The van der Waals surface area contributed by atoms with E-state index in [9.17, 15) is 5.11 Å². The van der Waals surface area contributed by atoms with Crippen LogP contribution in [0.25, 0.3) is 0 Å². The molecule has 0 saturated heterocycles. The van der Waals surface area contributed by atoms with Crippen LogP contribution in [0.4, 0.5) is 0 Å². The molecule has 6 nitrogen and oxygen atoms in total. The van der Waals surface area contributed by atoms with Crippen molar-refractivity contribution >= 4 is 0 Å². The SMILES string of the molecule is CCCCCCCCCCCCCCCCCCOCC(CO)COc1ccccc1.OCC(CO)COc1ccccc1. The largest absolute Gasteiger partial charge is 0.493 e. The molecule has 0 aliphatic heterocycles. The van der Waals surface area contributed by atoms with Crippen LogP contribution in [0.5, 0.6) is 11.5 Å². The monoisotopic (exact) mass is 616 g/mol. The Morgan fingerprint density at radius 2 is 0.818 bits per heavy atom. The molecule has 252 valence electrons. The molecule has 2 rings (SSSR count). The summed E-state index contributed by atoms with van der Waals surface area (Å²) in [6.45, 7) is 4.49. The Balaban J connectivity index is 0.000000617. The maximum absolute atomic E-state index is 9.49. The summed E-state index contributed by atoms with van der Waals surface area (Å²) in [4.78, 5) is 0. The lowest BCUT2D eigenvalue weighted by Crippen LogP contribution is -2.22. The molecule has 0 radical (unpaired) electrons. The minimum absolute atomic E-state index is 0.0428. The normalized spacial score (nSPS) is 11.7. The van der Waals surface area contributed by atoms with E-state index >= 15 is 0 Å². The molecule has 0 fully saturated rings. The Morgan fingerprint density at radius 1 is 0.455 bits per heavy atom. The second-order valence-electron chi connectivity index (χ2n) is 11.9. The summed E-state index contributed by atoms with van der Waals surface area (Å²) in [5.41, 5.74) is 0. The minimum atomic E-state index is -0.194. The first-order chi connectivity index (χ1) is 21.7. The number of para-hydroxylation sites is 2. The van der Waals surface area contributed by atoms with Crippen LogP contribution in [0, 0.1) is 11.8 Å². The Bertz CT molecular complexity index is 815. The van der Waals surface area contributed by atoms with Crippen LogP contribution in [0.1, 0.15) is 110 Å². The Labute approximate surface area is 269 Å². The molecule has 0 amide bonds. The van der Waals surface area contributed by atoms with Gasteiger partial charge in [-0.2, -0.15) is 0 Å². The minimum Gasteiger partial charge on any atom is -0.493 e. The van der Waals surface area contributed by atoms with Crippen LogP contribution in [0.15, 0.2) is 60.7 Å². The van der Waals surface area contributed by atoms with E-state index in [0.717, 1.165) is 24.5 Å². The van der Waals surface area contributed by atoms with Gasteiger partial charge in [0, 0.05) is 18.4 Å². The fourth-order valence-electron chi connectivity index (χ4n) is 4.78. The Kier molecular flexibility index (Phi) is 28.0. The first kappa shape index (κ1) is 39.9. The fourth-order valence-corrected chi connectivity index (χ4v) is 4.78. The quantitative estimate of drug-likeness (QED) is 0.0830. The summed E-state index contributed by atoms with van der Waals surface area (Å²) in [5, 5.41) is 27.0. The fraction of sp³-hybridized carbons (Fsp3) is 0.684. The third-order valence-corrected chi connectivity index (χ3v) is 7.73. The number of benzene rings is 2. The first-order valence-corrected chi connectivity index (χ1v) is 17.5. The van der Waals surface area contributed by atoms with Gasteiger partial charge in [0.15, 0.2) is 0 Å². The van der Waals surface area contributed by atoms with Crippen molar-refractivity contribution in [2.45, 2.75) is 110 Å². The van der Waals surface area contributed by atoms with Crippen LogP contribution < -0.4 is 9.47 Å². The molecular formula is C38H64O6. The third-order valence-electron chi connectivity index (χ3n) is 7.73. The van der Waals surface area contributed by atoms with Crippen molar-refractivity contribution in [1.29, 1.82) is 0 Å². The summed E-state index contributed by atoms with van der Waals surface area (Å²) < 4.78 is 16.8. The zero-order valence-electron chi connectivity index (χ0n) is 27.8. The van der Waals surface area contributed by atoms with E-state index in [0.29, 0.717) is 19.8 Å². The highest BCUT2D eigenvalue weighted by atomic mass is 16.5. The summed E-state index contributed by atoms with van der Waals surface area (Å²) in [5.74, 6) is 1.45. The van der Waals surface area contributed by atoms with Crippen molar-refractivity contribution in [2.75, 3.05) is 46.2 Å². The highest BCUT2D eigenvalue weighted by Crippen LogP contribution is 2.14. The summed E-state index contributed by atoms with van der Waals surface area (Å²) in [7, 11) is 0. The molecule has 2 aromatic carbocycles. The number of hydrogen-bond acceptors (Lipinski definition) is 6. The standard InChI is InChI=1S/C28H50O3.C10H14O3/c1-2-3-4-5-6-7-8-9-10-11-12-13-14-15-16-20-23-30-25-27(24-29)26-31-28-21-18-17-19-22-28;11-6-9(7-12)8-13-10-4-2-1-3-5-10/h17-19,21-22,27,29H,2-16,20,23-26H2,1H3;1-5,9,11-12H,6-8H2. The maximum Gasteiger partial charge on any atom is 0.119 e. The molecule has 0 aromatic heterocycles. The van der Waals surface area contributed by atoms with Gasteiger partial charge in [0.25, 0.3) is 0 Å². The first-order valence-electron chi connectivity index (χ1n) is 17.5. The van der Waals surface area contributed by atoms with Gasteiger partial charge in [-0.3, -0.25) is 0 Å². The van der Waals surface area contributed by atoms with E-state index in [1.54, 1.807) is 0 Å². The molecule has 0 spiro atoms. The molecule has 0 bridgehead atoms. The van der Waals surface area contributed by atoms with Gasteiger partial charge in [-0.05, 0) is 30.7 Å². The number of unbranched alkanes of at least 4 members (excludes halogenated alkanes) is 15. The predicted molar refractivity (Wildman–Crippen MR) is 182 cm³/mol. The molecule has 0 aliphatic carbocycles. The molecule has 2 aromatic rings. The molecule has 1 atom stereocenters. The number of hydrogen-bond donors (Lipinski definition) is 3. The van der Waals surface area contributed by atoms with E-state index in [1.807, 2.05) is 60.7 Å². The maximum atomic E-state index is 9.49. The third kappa shape index (κ3) is 24.2. The highest BCUT2D eigenvalue weighted by molar-refractivity contribution is 5.21. The van der Waals surface area contributed by atoms with Crippen molar-refractivity contribution in [1.82, 2.24) is 0 Å². The van der Waals surface area contributed by atoms with Crippen molar-refractivity contribution in [3.8, 4) is 11.5 Å². The lowest BCUT2D eigenvalue weighted by Gasteiger charge is -2.15. The van der Waals surface area contributed by atoms with E-state index in [1.165, 1.54) is 96.3 Å². The number of aliphatic hydroxyl groups is 3. The molecular weight excluding hydrogens is 552 g/mol. The average Bonchev–Trinajstić information content (AvgIpc) is 3.07. The van der Waals surface area contributed by atoms with Crippen LogP contribution in [-0.2, 0) is 4.74 Å². The number of ether oxygens (including phenoxy) is 3. The van der Waals surface area contributed by atoms with Gasteiger partial charge in [-0.15, -0.1) is 0 Å². The molecule has 1 unspecified atom stereocenters. The van der Waals surface area contributed by atoms with Crippen LogP contribution >= 0.6 is 0 Å². The molecule has 0 saturated carbocycles. The van der Waals surface area contributed by atoms with Gasteiger partial charge in [0.2, 0.25) is 0 Å². The zero-order valence-corrected chi connectivity index (χ0v) is 27.8. The van der Waals surface area contributed by atoms with Gasteiger partial charge in [-0.1, -0.05) is 140 Å². The zero-order chi connectivity index (χ0) is 31.8. The van der Waals surface area contributed by atoms with Gasteiger partial charge in [-0.25, -0.2) is 0 Å². The Hall–Kier alpha value is -2.12. The van der Waals surface area contributed by atoms with Gasteiger partial charge in [0.1, 0.15) is 11.5 Å². The average molecular weight is 617 g/mol. The second-order valence-corrected chi connectivity index (χ2v) is 11.9. The van der Waals surface area contributed by atoms with E-state index < -0.39 is 0 Å². The second kappa shape index (κ2) is 30.9. The lowest BCUT2D eigenvalue weighted by molar-refractivity contribution is 0.0488. The van der Waals surface area contributed by atoms with Crippen molar-refractivity contribution < 1.29 is 29.5 Å². The summed E-state index contributed by atoms with van der Waals surface area (Å²) >= 11 is 0. The van der Waals surface area contributed by atoms with E-state index in [-0.39, 0.29) is 31.7 Å². The summed E-state index contributed by atoms with van der Waals surface area (Å²) in [6.07, 6.45) is 22.2. The van der Waals surface area contributed by atoms with Crippen LogP contribution in [0.3, 0.4) is 0 Å². The smallest absolute Gasteiger partial charge is 0.119 e. The topological polar surface area (TPSA) is 88.4 Å². The number of rotatable bonds is 28. The molecule has 44 heavy (non-hydrogen) atoms. The number of aliphatic hydroxyl groups excluding tert-OH is 3. The van der Waals surface area contributed by atoms with Gasteiger partial charge >= 0.3 is 0 Å². The van der Waals surface area contributed by atoms with Crippen molar-refractivity contribution in [2.24, 2.45) is 11.8 Å². The summed E-state index contributed by atoms with van der Waals surface area (Å²) in [6, 6.07) is 19.1. The van der Waals surface area contributed by atoms with Crippen molar-refractivity contribution in [3.05, 3.63) is 60.7 Å². The molecule has 0 heterocycles. The lowest BCUT2D eigenvalue weighted by atomic mass is 10.0.